The van der Waals surface area contributed by atoms with Gasteiger partial charge in [-0.05, 0) is 36.2 Å². The zero-order valence-corrected chi connectivity index (χ0v) is 12.8. The monoisotopic (exact) mass is 337 g/mol. The van der Waals surface area contributed by atoms with Gasteiger partial charge in [-0.2, -0.15) is 0 Å². The molecule has 0 fully saturated rings. The predicted octanol–water partition coefficient (Wildman–Crippen LogP) is 4.34. The molecule has 0 aliphatic carbocycles. The van der Waals surface area contributed by atoms with E-state index in [0.717, 1.165) is 15.6 Å². The van der Waals surface area contributed by atoms with Gasteiger partial charge in [-0.15, -0.1) is 0 Å². The highest BCUT2D eigenvalue weighted by molar-refractivity contribution is 9.10. The number of carbonyl (C=O) groups is 1. The Hall–Kier alpha value is -1.32. The summed E-state index contributed by atoms with van der Waals surface area (Å²) in [5.41, 5.74) is 2.82. The second-order valence-electron chi connectivity index (χ2n) is 4.27. The van der Waals surface area contributed by atoms with Gasteiger partial charge >= 0.3 is 0 Å². The van der Waals surface area contributed by atoms with Gasteiger partial charge in [-0.3, -0.25) is 4.79 Å². The van der Waals surface area contributed by atoms with Crippen LogP contribution in [0.15, 0.2) is 46.9 Å². The third kappa shape index (κ3) is 3.82. The standard InChI is InChI=1S/C15H13BrClNO/c1-10-4-2-3-5-11(10)9-18-15(19)12-6-13(16)8-14(17)7-12/h2-8H,9H2,1H3,(H,18,19). The molecule has 98 valence electrons. The molecule has 0 unspecified atom stereocenters. The minimum atomic E-state index is -0.133. The molecule has 2 aromatic carbocycles. The van der Waals surface area contributed by atoms with Gasteiger partial charge in [0, 0.05) is 21.6 Å². The van der Waals surface area contributed by atoms with Crippen LogP contribution in [0.5, 0.6) is 0 Å². The Bertz CT molecular complexity index is 593. The number of amides is 1. The molecule has 1 N–H and O–H groups in total. The van der Waals surface area contributed by atoms with Crippen molar-refractivity contribution in [1.82, 2.24) is 5.32 Å². The van der Waals surface area contributed by atoms with Crippen molar-refractivity contribution in [1.29, 1.82) is 0 Å². The third-order valence-electron chi connectivity index (χ3n) is 2.83. The van der Waals surface area contributed by atoms with Crippen LogP contribution in [0.2, 0.25) is 5.02 Å². The van der Waals surface area contributed by atoms with Gasteiger partial charge in [0.2, 0.25) is 0 Å². The number of halogens is 2. The minimum absolute atomic E-state index is 0.133. The van der Waals surface area contributed by atoms with Crippen LogP contribution in [0, 0.1) is 6.92 Å². The van der Waals surface area contributed by atoms with Gasteiger partial charge in [0.05, 0.1) is 0 Å². The topological polar surface area (TPSA) is 29.1 Å². The van der Waals surface area contributed by atoms with Crippen LogP contribution in [0.1, 0.15) is 21.5 Å². The first-order valence-corrected chi connectivity index (χ1v) is 7.02. The van der Waals surface area contributed by atoms with Crippen LogP contribution in [-0.2, 0) is 6.54 Å². The second-order valence-corrected chi connectivity index (χ2v) is 5.62. The minimum Gasteiger partial charge on any atom is -0.348 e. The average molecular weight is 339 g/mol. The van der Waals surface area contributed by atoms with Crippen molar-refractivity contribution in [2.24, 2.45) is 0 Å². The second kappa shape index (κ2) is 6.22. The lowest BCUT2D eigenvalue weighted by molar-refractivity contribution is 0.0951. The van der Waals surface area contributed by atoms with Crippen molar-refractivity contribution in [2.45, 2.75) is 13.5 Å². The summed E-state index contributed by atoms with van der Waals surface area (Å²) in [5, 5.41) is 3.43. The van der Waals surface area contributed by atoms with Gasteiger partial charge in [-0.1, -0.05) is 51.8 Å². The molecule has 0 aromatic heterocycles. The first-order chi connectivity index (χ1) is 9.06. The molecule has 0 aliphatic heterocycles. The highest BCUT2D eigenvalue weighted by Crippen LogP contribution is 2.19. The lowest BCUT2D eigenvalue weighted by atomic mass is 10.1. The zero-order chi connectivity index (χ0) is 13.8. The number of rotatable bonds is 3. The molecule has 19 heavy (non-hydrogen) atoms. The van der Waals surface area contributed by atoms with Gasteiger partial charge in [-0.25, -0.2) is 0 Å². The number of benzene rings is 2. The van der Waals surface area contributed by atoms with Crippen LogP contribution in [0.4, 0.5) is 0 Å². The van der Waals surface area contributed by atoms with E-state index in [-0.39, 0.29) is 5.91 Å². The molecule has 4 heteroatoms. The van der Waals surface area contributed by atoms with Gasteiger partial charge in [0.1, 0.15) is 0 Å². The van der Waals surface area contributed by atoms with Crippen molar-refractivity contribution in [2.75, 3.05) is 0 Å². The number of hydrogen-bond acceptors (Lipinski definition) is 1. The highest BCUT2D eigenvalue weighted by Gasteiger charge is 2.08. The van der Waals surface area contributed by atoms with Gasteiger partial charge < -0.3 is 5.32 Å². The molecule has 2 rings (SSSR count). The van der Waals surface area contributed by atoms with Crippen molar-refractivity contribution in [3.63, 3.8) is 0 Å². The quantitative estimate of drug-likeness (QED) is 0.886. The Kier molecular flexibility index (Phi) is 4.61. The molecule has 0 spiro atoms. The molecule has 0 saturated carbocycles. The van der Waals surface area contributed by atoms with Crippen LogP contribution in [0.25, 0.3) is 0 Å². The van der Waals surface area contributed by atoms with Crippen molar-refractivity contribution in [3.05, 3.63) is 68.7 Å². The van der Waals surface area contributed by atoms with Crippen molar-refractivity contribution < 1.29 is 4.79 Å². The first kappa shape index (κ1) is 14.1. The Labute approximate surface area is 125 Å². The molecule has 0 heterocycles. The summed E-state index contributed by atoms with van der Waals surface area (Å²) in [4.78, 5) is 12.0. The SMILES string of the molecule is Cc1ccccc1CNC(=O)c1cc(Cl)cc(Br)c1. The molecule has 0 atom stereocenters. The molecule has 0 bridgehead atoms. The lowest BCUT2D eigenvalue weighted by Gasteiger charge is -2.08. The summed E-state index contributed by atoms with van der Waals surface area (Å²) in [5.74, 6) is -0.133. The van der Waals surface area contributed by atoms with Crippen LogP contribution < -0.4 is 5.32 Å². The van der Waals surface area contributed by atoms with E-state index in [1.54, 1.807) is 18.2 Å². The van der Waals surface area contributed by atoms with E-state index >= 15 is 0 Å². The van der Waals surface area contributed by atoms with Gasteiger partial charge in [0.15, 0.2) is 0 Å². The smallest absolute Gasteiger partial charge is 0.251 e. The summed E-state index contributed by atoms with van der Waals surface area (Å²) < 4.78 is 0.793. The van der Waals surface area contributed by atoms with Crippen LogP contribution in [-0.4, -0.2) is 5.91 Å². The summed E-state index contributed by atoms with van der Waals surface area (Å²) in [7, 11) is 0. The normalized spacial score (nSPS) is 10.3. The molecule has 0 aliphatic rings. The molecule has 2 aromatic rings. The maximum atomic E-state index is 12.0. The number of aryl methyl sites for hydroxylation is 1. The summed E-state index contributed by atoms with van der Waals surface area (Å²) in [6.07, 6.45) is 0. The van der Waals surface area contributed by atoms with Crippen LogP contribution in [0.3, 0.4) is 0 Å². The Morgan fingerprint density at radius 2 is 2.00 bits per heavy atom. The molecular formula is C15H13BrClNO. The molecular weight excluding hydrogens is 326 g/mol. The fourth-order valence-electron chi connectivity index (χ4n) is 1.77. The Morgan fingerprint density at radius 3 is 2.68 bits per heavy atom. The Balaban J connectivity index is 2.08. The highest BCUT2D eigenvalue weighted by atomic mass is 79.9. The zero-order valence-electron chi connectivity index (χ0n) is 10.4. The average Bonchev–Trinajstić information content (AvgIpc) is 2.36. The predicted molar refractivity (Wildman–Crippen MR) is 81.5 cm³/mol. The summed E-state index contributed by atoms with van der Waals surface area (Å²) >= 11 is 9.25. The number of hydrogen-bond donors (Lipinski definition) is 1. The Morgan fingerprint density at radius 1 is 1.26 bits per heavy atom. The maximum Gasteiger partial charge on any atom is 0.251 e. The largest absolute Gasteiger partial charge is 0.348 e. The van der Waals surface area contributed by atoms with E-state index in [1.165, 1.54) is 0 Å². The number of nitrogens with one attached hydrogen (secondary N) is 1. The van der Waals surface area contributed by atoms with E-state index < -0.39 is 0 Å². The molecule has 0 radical (unpaired) electrons. The molecule has 1 amide bonds. The van der Waals surface area contributed by atoms with E-state index in [2.05, 4.69) is 21.2 Å². The summed E-state index contributed by atoms with van der Waals surface area (Å²) in [6, 6.07) is 13.1. The van der Waals surface area contributed by atoms with Crippen molar-refractivity contribution >= 4 is 33.4 Å². The van der Waals surface area contributed by atoms with E-state index in [0.29, 0.717) is 17.1 Å². The lowest BCUT2D eigenvalue weighted by Crippen LogP contribution is -2.23. The van der Waals surface area contributed by atoms with E-state index in [1.807, 2.05) is 31.2 Å². The third-order valence-corrected chi connectivity index (χ3v) is 3.50. The van der Waals surface area contributed by atoms with E-state index in [4.69, 9.17) is 11.6 Å². The van der Waals surface area contributed by atoms with Gasteiger partial charge in [0.25, 0.3) is 5.91 Å². The van der Waals surface area contributed by atoms with Crippen LogP contribution >= 0.6 is 27.5 Å². The molecule has 2 nitrogen and oxygen atoms in total. The fraction of sp³-hybridized carbons (Fsp3) is 0.133. The number of carbonyl (C=O) groups excluding carboxylic acids is 1. The van der Waals surface area contributed by atoms with E-state index in [9.17, 15) is 4.79 Å². The fourth-order valence-corrected chi connectivity index (χ4v) is 2.63. The summed E-state index contributed by atoms with van der Waals surface area (Å²) in [6.45, 7) is 2.53. The maximum absolute atomic E-state index is 12.0. The first-order valence-electron chi connectivity index (χ1n) is 5.85. The molecule has 0 saturated heterocycles. The van der Waals surface area contributed by atoms with Crippen molar-refractivity contribution in [3.8, 4) is 0 Å².